The molecule has 0 unspecified atom stereocenters. The number of nitrogens with two attached hydrogens (primary N) is 1. The zero-order valence-electron chi connectivity index (χ0n) is 7.28. The lowest BCUT2D eigenvalue weighted by Gasteiger charge is -2.39. The molecular weight excluding hydrogens is 230 g/mol. The van der Waals surface area contributed by atoms with Crippen molar-refractivity contribution in [1.82, 2.24) is 4.98 Å². The van der Waals surface area contributed by atoms with Crippen LogP contribution < -0.4 is 10.6 Å². The normalized spacial score (nSPS) is 17.2. The molecule has 0 aromatic carbocycles. The van der Waals surface area contributed by atoms with E-state index in [9.17, 15) is 0 Å². The molecule has 0 radical (unpaired) electrons. The average Bonchev–Trinajstić information content (AvgIpc) is 2.06. The van der Waals surface area contributed by atoms with E-state index in [1.165, 1.54) is 0 Å². The molecule has 0 bridgehead atoms. The van der Waals surface area contributed by atoms with Crippen molar-refractivity contribution < 1.29 is 0 Å². The van der Waals surface area contributed by atoms with Crippen molar-refractivity contribution in [2.24, 2.45) is 11.7 Å². The van der Waals surface area contributed by atoms with E-state index >= 15 is 0 Å². The maximum atomic E-state index is 5.55. The molecule has 4 heteroatoms. The van der Waals surface area contributed by atoms with E-state index in [1.54, 1.807) is 0 Å². The van der Waals surface area contributed by atoms with Crippen molar-refractivity contribution in [2.45, 2.75) is 0 Å². The number of aromatic nitrogens is 1. The van der Waals surface area contributed by atoms with Gasteiger partial charge in [0.1, 0.15) is 5.82 Å². The van der Waals surface area contributed by atoms with Gasteiger partial charge in [0, 0.05) is 25.2 Å². The van der Waals surface area contributed by atoms with E-state index in [4.69, 9.17) is 5.73 Å². The Kier molecular flexibility index (Phi) is 2.51. The minimum absolute atomic E-state index is 0.647. The molecule has 1 saturated heterocycles. The summed E-state index contributed by atoms with van der Waals surface area (Å²) in [5.41, 5.74) is 5.55. The molecule has 0 saturated carbocycles. The summed E-state index contributed by atoms with van der Waals surface area (Å²) in [6.07, 6.45) is 1.82. The lowest BCUT2D eigenvalue weighted by Crippen LogP contribution is -2.50. The van der Waals surface area contributed by atoms with Gasteiger partial charge in [-0.05, 0) is 34.6 Å². The number of pyridine rings is 1. The van der Waals surface area contributed by atoms with Crippen LogP contribution in [0.1, 0.15) is 0 Å². The molecule has 1 aromatic rings. The van der Waals surface area contributed by atoms with Gasteiger partial charge in [0.15, 0.2) is 0 Å². The van der Waals surface area contributed by atoms with E-state index in [2.05, 4.69) is 25.8 Å². The average molecular weight is 242 g/mol. The maximum absolute atomic E-state index is 5.55. The second-order valence-electron chi connectivity index (χ2n) is 3.32. The number of halogens is 1. The van der Waals surface area contributed by atoms with Gasteiger partial charge in [0.2, 0.25) is 0 Å². The first kappa shape index (κ1) is 8.97. The first-order valence-corrected chi connectivity index (χ1v) is 5.16. The second kappa shape index (κ2) is 3.64. The molecular formula is C9H12BrN3. The van der Waals surface area contributed by atoms with Crippen molar-refractivity contribution in [1.29, 1.82) is 0 Å². The van der Waals surface area contributed by atoms with Gasteiger partial charge in [-0.3, -0.25) is 0 Å². The van der Waals surface area contributed by atoms with Crippen LogP contribution in [0.5, 0.6) is 0 Å². The van der Waals surface area contributed by atoms with Crippen LogP contribution in [0.4, 0.5) is 5.82 Å². The number of rotatable bonds is 2. The summed E-state index contributed by atoms with van der Waals surface area (Å²) < 4.78 is 1.06. The molecule has 1 aromatic heterocycles. The summed E-state index contributed by atoms with van der Waals surface area (Å²) in [5, 5.41) is 0. The minimum Gasteiger partial charge on any atom is -0.355 e. The maximum Gasteiger partial charge on any atom is 0.142 e. The van der Waals surface area contributed by atoms with Gasteiger partial charge in [-0.2, -0.15) is 0 Å². The van der Waals surface area contributed by atoms with Crippen molar-refractivity contribution >= 4 is 21.7 Å². The first-order valence-electron chi connectivity index (χ1n) is 4.37. The highest BCUT2D eigenvalue weighted by molar-refractivity contribution is 9.10. The van der Waals surface area contributed by atoms with Gasteiger partial charge in [-0.15, -0.1) is 0 Å². The molecule has 0 amide bonds. The molecule has 70 valence electrons. The number of hydrogen-bond donors (Lipinski definition) is 1. The third-order valence-electron chi connectivity index (χ3n) is 2.33. The summed E-state index contributed by atoms with van der Waals surface area (Å²) in [5.74, 6) is 1.68. The van der Waals surface area contributed by atoms with E-state index < -0.39 is 0 Å². The van der Waals surface area contributed by atoms with Crippen molar-refractivity contribution in [2.75, 3.05) is 24.5 Å². The Morgan fingerprint density at radius 2 is 2.38 bits per heavy atom. The molecule has 0 atom stereocenters. The Morgan fingerprint density at radius 3 is 3.00 bits per heavy atom. The summed E-state index contributed by atoms with van der Waals surface area (Å²) in [6.45, 7) is 2.85. The van der Waals surface area contributed by atoms with Crippen molar-refractivity contribution in [3.63, 3.8) is 0 Å². The van der Waals surface area contributed by atoms with E-state index in [1.807, 2.05) is 18.3 Å². The summed E-state index contributed by atoms with van der Waals surface area (Å²) >= 11 is 3.48. The van der Waals surface area contributed by atoms with Crippen LogP contribution >= 0.6 is 15.9 Å². The topological polar surface area (TPSA) is 42.1 Å². The fourth-order valence-corrected chi connectivity index (χ4v) is 2.01. The Bertz CT molecular complexity index is 297. The number of hydrogen-bond acceptors (Lipinski definition) is 3. The Hall–Kier alpha value is -0.610. The van der Waals surface area contributed by atoms with Gasteiger partial charge in [0.25, 0.3) is 0 Å². The minimum atomic E-state index is 0.647. The molecule has 1 fully saturated rings. The van der Waals surface area contributed by atoms with Gasteiger partial charge < -0.3 is 10.6 Å². The van der Waals surface area contributed by atoms with Gasteiger partial charge in [0.05, 0.1) is 4.47 Å². The smallest absolute Gasteiger partial charge is 0.142 e. The number of nitrogens with zero attached hydrogens (tertiary/aromatic N) is 2. The zero-order valence-corrected chi connectivity index (χ0v) is 8.87. The number of anilines is 1. The molecule has 2 heterocycles. The first-order chi connectivity index (χ1) is 6.31. The summed E-state index contributed by atoms with van der Waals surface area (Å²) in [4.78, 5) is 6.54. The largest absolute Gasteiger partial charge is 0.355 e. The Balaban J connectivity index is 2.07. The summed E-state index contributed by atoms with van der Waals surface area (Å²) in [7, 11) is 0. The van der Waals surface area contributed by atoms with Gasteiger partial charge >= 0.3 is 0 Å². The highest BCUT2D eigenvalue weighted by atomic mass is 79.9. The molecule has 1 aliphatic heterocycles. The van der Waals surface area contributed by atoms with Crippen LogP contribution in [0, 0.1) is 5.92 Å². The summed E-state index contributed by atoms with van der Waals surface area (Å²) in [6, 6.07) is 3.94. The molecule has 0 spiro atoms. The van der Waals surface area contributed by atoms with Crippen LogP contribution in [-0.4, -0.2) is 24.6 Å². The predicted octanol–water partition coefficient (Wildman–Crippen LogP) is 1.24. The third kappa shape index (κ3) is 1.69. The van der Waals surface area contributed by atoms with Crippen LogP contribution in [0.25, 0.3) is 0 Å². The molecule has 1 aliphatic rings. The second-order valence-corrected chi connectivity index (χ2v) is 4.17. The Morgan fingerprint density at radius 1 is 1.62 bits per heavy atom. The highest BCUT2D eigenvalue weighted by Gasteiger charge is 2.27. The highest BCUT2D eigenvalue weighted by Crippen LogP contribution is 2.28. The van der Waals surface area contributed by atoms with E-state index in [0.29, 0.717) is 5.92 Å². The van der Waals surface area contributed by atoms with E-state index in [-0.39, 0.29) is 0 Å². The quantitative estimate of drug-likeness (QED) is 0.848. The Labute approximate surface area is 86.1 Å². The van der Waals surface area contributed by atoms with Crippen LogP contribution in [-0.2, 0) is 0 Å². The van der Waals surface area contributed by atoms with Crippen LogP contribution in [0.2, 0.25) is 0 Å². The van der Waals surface area contributed by atoms with E-state index in [0.717, 1.165) is 29.9 Å². The molecule has 2 rings (SSSR count). The van der Waals surface area contributed by atoms with Crippen molar-refractivity contribution in [3.8, 4) is 0 Å². The third-order valence-corrected chi connectivity index (χ3v) is 2.95. The predicted molar refractivity (Wildman–Crippen MR) is 56.7 cm³/mol. The van der Waals surface area contributed by atoms with Crippen LogP contribution in [0.3, 0.4) is 0 Å². The monoisotopic (exact) mass is 241 g/mol. The lowest BCUT2D eigenvalue weighted by molar-refractivity contribution is 0.416. The molecule has 3 nitrogen and oxygen atoms in total. The zero-order chi connectivity index (χ0) is 9.26. The SMILES string of the molecule is NCC1CN(c2ncccc2Br)C1. The lowest BCUT2D eigenvalue weighted by atomic mass is 10.0. The standard InChI is InChI=1S/C9H12BrN3/c10-8-2-1-3-12-9(8)13-5-7(4-11)6-13/h1-3,7H,4-6,11H2. The van der Waals surface area contributed by atoms with Gasteiger partial charge in [-0.1, -0.05) is 0 Å². The van der Waals surface area contributed by atoms with Crippen molar-refractivity contribution in [3.05, 3.63) is 22.8 Å². The fraction of sp³-hybridized carbons (Fsp3) is 0.444. The molecule has 0 aliphatic carbocycles. The molecule has 13 heavy (non-hydrogen) atoms. The van der Waals surface area contributed by atoms with Gasteiger partial charge in [-0.25, -0.2) is 4.98 Å². The fourth-order valence-electron chi connectivity index (χ4n) is 1.50. The van der Waals surface area contributed by atoms with Crippen LogP contribution in [0.15, 0.2) is 22.8 Å². The molecule has 2 N–H and O–H groups in total.